The number of aromatic amines is 1. The van der Waals surface area contributed by atoms with Crippen molar-refractivity contribution in [1.29, 1.82) is 0 Å². The Hall–Kier alpha value is -3.08. The van der Waals surface area contributed by atoms with E-state index < -0.39 is 0 Å². The highest BCUT2D eigenvalue weighted by atomic mass is 16.2. The molecular weight excluding hydrogens is 350 g/mol. The van der Waals surface area contributed by atoms with Crippen LogP contribution in [0.3, 0.4) is 0 Å². The van der Waals surface area contributed by atoms with Crippen LogP contribution in [0.5, 0.6) is 0 Å². The Morgan fingerprint density at radius 1 is 1.18 bits per heavy atom. The van der Waals surface area contributed by atoms with E-state index in [1.165, 1.54) is 16.5 Å². The molecular formula is C23H25N3O2. The fraction of sp³-hybridized carbons (Fsp3) is 0.304. The Morgan fingerprint density at radius 3 is 2.68 bits per heavy atom. The standard InChI is InChI=1S/C23H25N3O2/c1-14-10-17(13-24-21(28)12-18-8-9-20(27)25-18)23-19(11-14)15(2)22(26-23)16-6-4-3-5-7-16/h3-7,10-11,18,26H,8-9,12-13H2,1-2H3,(H,24,28)(H,25,27)/t18-/m1/s1. The molecule has 0 bridgehead atoms. The number of carbonyl (C=O) groups is 2. The van der Waals surface area contributed by atoms with E-state index in [9.17, 15) is 9.59 Å². The summed E-state index contributed by atoms with van der Waals surface area (Å²) in [6.07, 6.45) is 1.58. The number of aryl methyl sites for hydroxylation is 2. The van der Waals surface area contributed by atoms with Gasteiger partial charge in [-0.3, -0.25) is 9.59 Å². The van der Waals surface area contributed by atoms with E-state index in [-0.39, 0.29) is 17.9 Å². The second-order valence-corrected chi connectivity index (χ2v) is 7.62. The van der Waals surface area contributed by atoms with E-state index >= 15 is 0 Å². The van der Waals surface area contributed by atoms with Crippen LogP contribution in [-0.4, -0.2) is 22.8 Å². The highest BCUT2D eigenvalue weighted by Gasteiger charge is 2.23. The highest BCUT2D eigenvalue weighted by molar-refractivity contribution is 5.93. The minimum absolute atomic E-state index is 0.0339. The molecule has 2 heterocycles. The molecule has 3 aromatic rings. The van der Waals surface area contributed by atoms with Gasteiger partial charge in [0.1, 0.15) is 0 Å². The number of hydrogen-bond acceptors (Lipinski definition) is 2. The maximum Gasteiger partial charge on any atom is 0.222 e. The van der Waals surface area contributed by atoms with Gasteiger partial charge >= 0.3 is 0 Å². The summed E-state index contributed by atoms with van der Waals surface area (Å²) in [7, 11) is 0. The number of rotatable bonds is 5. The molecule has 1 fully saturated rings. The van der Waals surface area contributed by atoms with Crippen molar-refractivity contribution < 1.29 is 9.59 Å². The first-order chi connectivity index (χ1) is 13.5. The number of aromatic nitrogens is 1. The number of benzene rings is 2. The average molecular weight is 375 g/mol. The molecule has 28 heavy (non-hydrogen) atoms. The Bertz CT molecular complexity index is 1040. The third-order valence-corrected chi connectivity index (χ3v) is 5.45. The summed E-state index contributed by atoms with van der Waals surface area (Å²) in [4.78, 5) is 27.2. The number of nitrogens with one attached hydrogen (secondary N) is 3. The lowest BCUT2D eigenvalue weighted by Gasteiger charge is -2.11. The Balaban J connectivity index is 1.57. The minimum Gasteiger partial charge on any atom is -0.354 e. The molecule has 1 saturated heterocycles. The SMILES string of the molecule is Cc1cc(CNC(=O)C[C@H]2CCC(=O)N2)c2[nH]c(-c3ccccc3)c(C)c2c1. The molecule has 0 aliphatic carbocycles. The van der Waals surface area contributed by atoms with Gasteiger partial charge in [-0.15, -0.1) is 0 Å². The maximum absolute atomic E-state index is 12.3. The Morgan fingerprint density at radius 2 is 1.96 bits per heavy atom. The van der Waals surface area contributed by atoms with Crippen LogP contribution in [0.25, 0.3) is 22.2 Å². The van der Waals surface area contributed by atoms with Crippen molar-refractivity contribution in [2.75, 3.05) is 0 Å². The molecule has 0 unspecified atom stereocenters. The zero-order valence-corrected chi connectivity index (χ0v) is 16.3. The van der Waals surface area contributed by atoms with Crippen LogP contribution in [0.1, 0.15) is 36.0 Å². The van der Waals surface area contributed by atoms with Crippen LogP contribution in [0, 0.1) is 13.8 Å². The number of carbonyl (C=O) groups excluding carboxylic acids is 2. The van der Waals surface area contributed by atoms with Gasteiger partial charge in [0.25, 0.3) is 0 Å². The number of H-pyrrole nitrogens is 1. The van der Waals surface area contributed by atoms with E-state index in [0.717, 1.165) is 28.8 Å². The van der Waals surface area contributed by atoms with E-state index in [1.807, 2.05) is 18.2 Å². The van der Waals surface area contributed by atoms with Gasteiger partial charge in [0.2, 0.25) is 11.8 Å². The lowest BCUT2D eigenvalue weighted by Crippen LogP contribution is -2.33. The first-order valence-electron chi connectivity index (χ1n) is 9.74. The summed E-state index contributed by atoms with van der Waals surface area (Å²) in [6, 6.07) is 14.5. The number of amides is 2. The van der Waals surface area contributed by atoms with Crippen molar-refractivity contribution in [3.05, 3.63) is 59.2 Å². The van der Waals surface area contributed by atoms with Crippen molar-refractivity contribution in [3.8, 4) is 11.3 Å². The maximum atomic E-state index is 12.3. The Kier molecular flexibility index (Phi) is 4.90. The molecule has 4 rings (SSSR count). The molecule has 2 aromatic carbocycles. The highest BCUT2D eigenvalue weighted by Crippen LogP contribution is 2.32. The van der Waals surface area contributed by atoms with Crippen molar-refractivity contribution in [1.82, 2.24) is 15.6 Å². The predicted octanol–water partition coefficient (Wildman–Crippen LogP) is 3.74. The molecule has 1 aromatic heterocycles. The van der Waals surface area contributed by atoms with Gasteiger partial charge in [0.05, 0.1) is 5.52 Å². The predicted molar refractivity (Wildman–Crippen MR) is 111 cm³/mol. The zero-order chi connectivity index (χ0) is 19.7. The lowest BCUT2D eigenvalue weighted by atomic mass is 10.0. The summed E-state index contributed by atoms with van der Waals surface area (Å²) in [5.41, 5.74) is 6.79. The summed E-state index contributed by atoms with van der Waals surface area (Å²) >= 11 is 0. The fourth-order valence-corrected chi connectivity index (χ4v) is 4.01. The van der Waals surface area contributed by atoms with Crippen molar-refractivity contribution in [2.24, 2.45) is 0 Å². The molecule has 2 amide bonds. The molecule has 0 spiro atoms. The van der Waals surface area contributed by atoms with Gasteiger partial charge in [0.15, 0.2) is 0 Å². The largest absolute Gasteiger partial charge is 0.354 e. The lowest BCUT2D eigenvalue weighted by molar-refractivity contribution is -0.121. The number of hydrogen-bond donors (Lipinski definition) is 3. The summed E-state index contributed by atoms with van der Waals surface area (Å²) in [6.45, 7) is 4.67. The molecule has 1 atom stereocenters. The monoisotopic (exact) mass is 375 g/mol. The van der Waals surface area contributed by atoms with Crippen molar-refractivity contribution >= 4 is 22.7 Å². The molecule has 144 valence electrons. The van der Waals surface area contributed by atoms with Crippen molar-refractivity contribution in [3.63, 3.8) is 0 Å². The van der Waals surface area contributed by atoms with Gasteiger partial charge in [-0.2, -0.15) is 0 Å². The molecule has 3 N–H and O–H groups in total. The van der Waals surface area contributed by atoms with Crippen molar-refractivity contribution in [2.45, 2.75) is 45.7 Å². The van der Waals surface area contributed by atoms with Crippen LogP contribution in [-0.2, 0) is 16.1 Å². The molecule has 1 aliphatic rings. The van der Waals surface area contributed by atoms with Crippen LogP contribution >= 0.6 is 0 Å². The zero-order valence-electron chi connectivity index (χ0n) is 16.3. The van der Waals surface area contributed by atoms with Crippen LogP contribution < -0.4 is 10.6 Å². The quantitative estimate of drug-likeness (QED) is 0.636. The molecule has 5 nitrogen and oxygen atoms in total. The van der Waals surface area contributed by atoms with Gasteiger partial charge in [-0.1, -0.05) is 42.0 Å². The molecule has 1 aliphatic heterocycles. The molecule has 5 heteroatoms. The summed E-state index contributed by atoms with van der Waals surface area (Å²) < 4.78 is 0. The third kappa shape index (κ3) is 3.65. The van der Waals surface area contributed by atoms with Crippen LogP contribution in [0.15, 0.2) is 42.5 Å². The average Bonchev–Trinajstić information content (AvgIpc) is 3.24. The van der Waals surface area contributed by atoms with Gasteiger partial charge in [-0.25, -0.2) is 0 Å². The first-order valence-corrected chi connectivity index (χ1v) is 9.74. The third-order valence-electron chi connectivity index (χ3n) is 5.45. The summed E-state index contributed by atoms with van der Waals surface area (Å²) in [5, 5.41) is 7.05. The smallest absolute Gasteiger partial charge is 0.222 e. The van der Waals surface area contributed by atoms with Gasteiger partial charge in [-0.05, 0) is 43.0 Å². The Labute approximate surface area is 164 Å². The van der Waals surface area contributed by atoms with Crippen LogP contribution in [0.4, 0.5) is 0 Å². The van der Waals surface area contributed by atoms with Gasteiger partial charge in [0, 0.05) is 36.5 Å². The number of fused-ring (bicyclic) bond motifs is 1. The van der Waals surface area contributed by atoms with E-state index in [2.05, 4.69) is 53.7 Å². The van der Waals surface area contributed by atoms with Crippen LogP contribution in [0.2, 0.25) is 0 Å². The van der Waals surface area contributed by atoms with E-state index in [4.69, 9.17) is 0 Å². The molecule has 0 saturated carbocycles. The second-order valence-electron chi connectivity index (χ2n) is 7.62. The van der Waals surface area contributed by atoms with E-state index in [0.29, 0.717) is 19.4 Å². The second kappa shape index (κ2) is 7.50. The normalized spacial score (nSPS) is 16.4. The summed E-state index contributed by atoms with van der Waals surface area (Å²) in [5.74, 6) is 0.00177. The van der Waals surface area contributed by atoms with E-state index in [1.54, 1.807) is 0 Å². The minimum atomic E-state index is -0.0394. The topological polar surface area (TPSA) is 74.0 Å². The molecule has 0 radical (unpaired) electrons. The van der Waals surface area contributed by atoms with Gasteiger partial charge < -0.3 is 15.6 Å². The fourth-order valence-electron chi connectivity index (χ4n) is 4.01. The first kappa shape index (κ1) is 18.3.